The normalized spacial score (nSPS) is 26.3. The van der Waals surface area contributed by atoms with Gasteiger partial charge in [-0.15, -0.1) is 0 Å². The van der Waals surface area contributed by atoms with Crippen molar-refractivity contribution in [3.05, 3.63) is 35.9 Å². The summed E-state index contributed by atoms with van der Waals surface area (Å²) in [7, 11) is -0.180. The van der Waals surface area contributed by atoms with Crippen LogP contribution in [0.5, 0.6) is 0 Å². The second-order valence-corrected chi connectivity index (χ2v) is 10.5. The molecule has 0 aliphatic carbocycles. The summed E-state index contributed by atoms with van der Waals surface area (Å²) >= 11 is 0. The maximum absolute atomic E-state index is 13.0. The van der Waals surface area contributed by atoms with Gasteiger partial charge in [0.05, 0.1) is 23.3 Å². The van der Waals surface area contributed by atoms with Crippen LogP contribution in [0.15, 0.2) is 30.3 Å². The van der Waals surface area contributed by atoms with Crippen LogP contribution in [0, 0.1) is 0 Å². The number of rotatable bonds is 7. The summed E-state index contributed by atoms with van der Waals surface area (Å²) in [5.74, 6) is 0. The van der Waals surface area contributed by atoms with Gasteiger partial charge in [-0.1, -0.05) is 43.2 Å². The molecule has 6 nitrogen and oxygen atoms in total. The molecule has 172 valence electrons. The number of benzene rings is 1. The minimum absolute atomic E-state index is 0.180. The fourth-order valence-electron chi connectivity index (χ4n) is 4.42. The molecule has 2 aliphatic heterocycles. The highest BCUT2D eigenvalue weighted by Gasteiger charge is 2.53. The van der Waals surface area contributed by atoms with Crippen molar-refractivity contribution in [1.29, 1.82) is 0 Å². The van der Waals surface area contributed by atoms with Crippen molar-refractivity contribution in [2.45, 2.75) is 103 Å². The van der Waals surface area contributed by atoms with Gasteiger partial charge in [-0.2, -0.15) is 0 Å². The van der Waals surface area contributed by atoms with Gasteiger partial charge in [0.1, 0.15) is 12.3 Å². The van der Waals surface area contributed by atoms with Crippen LogP contribution in [-0.4, -0.2) is 47.2 Å². The van der Waals surface area contributed by atoms with Gasteiger partial charge in [0.2, 0.25) is 0 Å². The largest absolute Gasteiger partial charge is 0.457 e. The number of hydrogen-bond acceptors (Lipinski definition) is 5. The van der Waals surface area contributed by atoms with E-state index in [4.69, 9.17) is 18.8 Å². The highest BCUT2D eigenvalue weighted by atomic mass is 16.7. The Hall–Kier alpha value is -1.57. The monoisotopic (exact) mass is 431 g/mol. The molecule has 2 fully saturated rings. The first kappa shape index (κ1) is 24.1. The van der Waals surface area contributed by atoms with Crippen molar-refractivity contribution >= 4 is 13.2 Å². The van der Waals surface area contributed by atoms with Gasteiger partial charge in [-0.25, -0.2) is 4.79 Å². The highest BCUT2D eigenvalue weighted by Crippen LogP contribution is 2.40. The second kappa shape index (κ2) is 8.76. The average Bonchev–Trinajstić information content (AvgIpc) is 3.05. The van der Waals surface area contributed by atoms with Crippen LogP contribution in [0.1, 0.15) is 73.3 Å². The summed E-state index contributed by atoms with van der Waals surface area (Å²) in [6, 6.07) is 9.73. The fraction of sp³-hybridized carbons (Fsp3) is 0.708. The molecular formula is C24H38BNO5. The van der Waals surface area contributed by atoms with Crippen molar-refractivity contribution in [2.24, 2.45) is 0 Å². The van der Waals surface area contributed by atoms with Crippen molar-refractivity contribution in [1.82, 2.24) is 4.90 Å². The van der Waals surface area contributed by atoms with E-state index in [9.17, 15) is 4.79 Å². The van der Waals surface area contributed by atoms with E-state index in [1.165, 1.54) is 0 Å². The Balaban J connectivity index is 1.53. The first-order chi connectivity index (χ1) is 14.4. The molecule has 0 aromatic heterocycles. The van der Waals surface area contributed by atoms with Gasteiger partial charge in [-0.05, 0) is 66.8 Å². The first-order valence-electron chi connectivity index (χ1n) is 11.4. The molecule has 0 bridgehead atoms. The lowest BCUT2D eigenvalue weighted by Crippen LogP contribution is -2.54. The summed E-state index contributed by atoms with van der Waals surface area (Å²) < 4.78 is 23.8. The summed E-state index contributed by atoms with van der Waals surface area (Å²) in [6.07, 6.45) is 3.24. The lowest BCUT2D eigenvalue weighted by molar-refractivity contribution is -0.0546. The van der Waals surface area contributed by atoms with E-state index in [-0.39, 0.29) is 31.0 Å². The van der Waals surface area contributed by atoms with E-state index in [0.717, 1.165) is 31.1 Å². The molecule has 1 amide bonds. The van der Waals surface area contributed by atoms with E-state index in [1.807, 2.05) is 44.2 Å². The number of ether oxygens (including phenoxy) is 2. The molecule has 1 aromatic carbocycles. The maximum atomic E-state index is 13.0. The molecule has 31 heavy (non-hydrogen) atoms. The smallest absolute Gasteiger partial charge is 0.444 e. The SMILES string of the molecule is CC1(CCCCB2OC(C)(C)C(C)(C)O2)COC(C)(C)N1C(=O)OCc1ccccc1. The van der Waals surface area contributed by atoms with Crippen LogP contribution >= 0.6 is 0 Å². The van der Waals surface area contributed by atoms with Gasteiger partial charge in [0, 0.05) is 0 Å². The summed E-state index contributed by atoms with van der Waals surface area (Å²) in [4.78, 5) is 14.8. The van der Waals surface area contributed by atoms with E-state index in [0.29, 0.717) is 6.61 Å². The summed E-state index contributed by atoms with van der Waals surface area (Å²) in [5, 5.41) is 0. The van der Waals surface area contributed by atoms with Gasteiger partial charge in [0.25, 0.3) is 0 Å². The number of carbonyl (C=O) groups excluding carboxylic acids is 1. The second-order valence-electron chi connectivity index (χ2n) is 10.5. The summed E-state index contributed by atoms with van der Waals surface area (Å²) in [6.45, 7) is 15.0. The highest BCUT2D eigenvalue weighted by molar-refractivity contribution is 6.45. The van der Waals surface area contributed by atoms with Crippen LogP contribution in [-0.2, 0) is 25.4 Å². The van der Waals surface area contributed by atoms with Crippen molar-refractivity contribution in [3.8, 4) is 0 Å². The number of unbranched alkanes of at least 4 members (excludes halogenated alkanes) is 1. The minimum atomic E-state index is -0.700. The number of carbonyl (C=O) groups is 1. The van der Waals surface area contributed by atoms with E-state index in [2.05, 4.69) is 34.6 Å². The Labute approximate surface area is 187 Å². The molecular weight excluding hydrogens is 393 g/mol. The Morgan fingerprint density at radius 1 is 1.00 bits per heavy atom. The predicted molar refractivity (Wildman–Crippen MR) is 122 cm³/mol. The van der Waals surface area contributed by atoms with Gasteiger partial charge in [0.15, 0.2) is 0 Å². The Bertz CT molecular complexity index is 750. The van der Waals surface area contributed by atoms with Crippen molar-refractivity contribution in [2.75, 3.05) is 6.61 Å². The number of hydrogen-bond donors (Lipinski definition) is 0. The molecule has 1 unspecified atom stereocenters. The molecule has 0 radical (unpaired) electrons. The molecule has 7 heteroatoms. The molecule has 0 N–H and O–H groups in total. The minimum Gasteiger partial charge on any atom is -0.444 e. The topological polar surface area (TPSA) is 57.2 Å². The van der Waals surface area contributed by atoms with Crippen LogP contribution < -0.4 is 0 Å². The van der Waals surface area contributed by atoms with Gasteiger partial charge in [-0.3, -0.25) is 4.90 Å². The lowest BCUT2D eigenvalue weighted by Gasteiger charge is -2.39. The van der Waals surface area contributed by atoms with E-state index < -0.39 is 11.3 Å². The van der Waals surface area contributed by atoms with Crippen molar-refractivity contribution < 1.29 is 23.6 Å². The predicted octanol–water partition coefficient (Wildman–Crippen LogP) is 5.41. The molecule has 1 atom stereocenters. The fourth-order valence-corrected chi connectivity index (χ4v) is 4.42. The number of amides is 1. The van der Waals surface area contributed by atoms with Crippen molar-refractivity contribution in [3.63, 3.8) is 0 Å². The standard InChI is InChI=1S/C24H38BNO5/c1-21(2)22(3,4)31-25(30-21)16-12-11-15-24(7)18-29-23(5,6)26(24)20(27)28-17-19-13-9-8-10-14-19/h8-10,13-14H,11-12,15-18H2,1-7H3. The van der Waals surface area contributed by atoms with Crippen LogP contribution in [0.4, 0.5) is 4.79 Å². The van der Waals surface area contributed by atoms with Crippen LogP contribution in [0.2, 0.25) is 6.32 Å². The third-order valence-electron chi connectivity index (χ3n) is 6.91. The maximum Gasteiger partial charge on any atom is 0.457 e. The Morgan fingerprint density at radius 2 is 1.61 bits per heavy atom. The Kier molecular flexibility index (Phi) is 6.80. The number of nitrogens with zero attached hydrogens (tertiary/aromatic N) is 1. The van der Waals surface area contributed by atoms with E-state index >= 15 is 0 Å². The Morgan fingerprint density at radius 3 is 2.23 bits per heavy atom. The zero-order valence-electron chi connectivity index (χ0n) is 20.2. The average molecular weight is 431 g/mol. The van der Waals surface area contributed by atoms with Crippen LogP contribution in [0.25, 0.3) is 0 Å². The zero-order valence-corrected chi connectivity index (χ0v) is 20.2. The zero-order chi connectivity index (χ0) is 22.9. The molecule has 0 saturated carbocycles. The molecule has 3 rings (SSSR count). The summed E-state index contributed by atoms with van der Waals surface area (Å²) in [5.41, 5.74) is -0.738. The molecule has 2 aliphatic rings. The van der Waals surface area contributed by atoms with Gasteiger partial charge < -0.3 is 18.8 Å². The molecule has 2 heterocycles. The third-order valence-corrected chi connectivity index (χ3v) is 6.91. The quantitative estimate of drug-likeness (QED) is 0.427. The molecule has 2 saturated heterocycles. The lowest BCUT2D eigenvalue weighted by atomic mass is 9.81. The van der Waals surface area contributed by atoms with E-state index in [1.54, 1.807) is 4.90 Å². The molecule has 0 spiro atoms. The third kappa shape index (κ3) is 5.26. The first-order valence-corrected chi connectivity index (χ1v) is 11.4. The van der Waals surface area contributed by atoms with Crippen LogP contribution in [0.3, 0.4) is 0 Å². The van der Waals surface area contributed by atoms with Gasteiger partial charge >= 0.3 is 13.2 Å². The molecule has 1 aromatic rings.